The summed E-state index contributed by atoms with van der Waals surface area (Å²) in [6.45, 7) is 7.26. The second-order valence-corrected chi connectivity index (χ2v) is 3.96. The molecule has 0 saturated heterocycles. The van der Waals surface area contributed by atoms with E-state index in [4.69, 9.17) is 9.57 Å². The first-order valence-corrected chi connectivity index (χ1v) is 6.14. The van der Waals surface area contributed by atoms with Gasteiger partial charge in [0, 0.05) is 6.92 Å². The Hall–Kier alpha value is -1.10. The van der Waals surface area contributed by atoms with E-state index in [1.807, 2.05) is 13.8 Å². The van der Waals surface area contributed by atoms with E-state index in [0.29, 0.717) is 19.4 Å². The Balaban J connectivity index is 4.72. The molecule has 0 aromatic heterocycles. The van der Waals surface area contributed by atoms with Gasteiger partial charge in [-0.25, -0.2) is 4.79 Å². The Labute approximate surface area is 103 Å². The predicted octanol–water partition coefficient (Wildman–Crippen LogP) is 1.96. The number of hydroxylamine groups is 1. The molecule has 0 fully saturated rings. The van der Waals surface area contributed by atoms with Crippen molar-refractivity contribution >= 4 is 11.9 Å². The number of hydrogen-bond donors (Lipinski definition) is 1. The number of ether oxygens (including phenoxy) is 1. The third-order valence-electron chi connectivity index (χ3n) is 2.62. The van der Waals surface area contributed by atoms with E-state index in [-0.39, 0.29) is 5.97 Å². The first-order chi connectivity index (χ1) is 8.02. The van der Waals surface area contributed by atoms with E-state index >= 15 is 0 Å². The molecule has 1 N–H and O–H groups in total. The zero-order chi connectivity index (χ0) is 13.3. The lowest BCUT2D eigenvalue weighted by Crippen LogP contribution is -2.53. The highest BCUT2D eigenvalue weighted by Crippen LogP contribution is 2.21. The molecule has 0 unspecified atom stereocenters. The number of carbonyl (C=O) groups is 2. The van der Waals surface area contributed by atoms with E-state index in [9.17, 15) is 9.59 Å². The van der Waals surface area contributed by atoms with Gasteiger partial charge in [0.25, 0.3) is 0 Å². The highest BCUT2D eigenvalue weighted by molar-refractivity contribution is 5.81. The van der Waals surface area contributed by atoms with Gasteiger partial charge in [0.15, 0.2) is 5.54 Å². The van der Waals surface area contributed by atoms with Crippen LogP contribution in [-0.2, 0) is 19.2 Å². The largest absolute Gasteiger partial charge is 0.465 e. The maximum Gasteiger partial charge on any atom is 0.329 e. The van der Waals surface area contributed by atoms with Gasteiger partial charge in [-0.2, -0.15) is 0 Å². The van der Waals surface area contributed by atoms with Gasteiger partial charge < -0.3 is 9.57 Å². The fourth-order valence-electron chi connectivity index (χ4n) is 1.51. The molecule has 0 bridgehead atoms. The molecule has 0 aromatic rings. The van der Waals surface area contributed by atoms with Gasteiger partial charge in [-0.15, -0.1) is 5.48 Å². The highest BCUT2D eigenvalue weighted by atomic mass is 16.7. The quantitative estimate of drug-likeness (QED) is 0.523. The van der Waals surface area contributed by atoms with Gasteiger partial charge >= 0.3 is 11.9 Å². The van der Waals surface area contributed by atoms with Crippen molar-refractivity contribution in [1.82, 2.24) is 5.48 Å². The first kappa shape index (κ1) is 15.9. The summed E-state index contributed by atoms with van der Waals surface area (Å²) in [6.07, 6.45) is 2.93. The maximum absolute atomic E-state index is 11.9. The van der Waals surface area contributed by atoms with E-state index in [1.54, 1.807) is 6.92 Å². The Morgan fingerprint density at radius 1 is 1.24 bits per heavy atom. The molecule has 0 aliphatic heterocycles. The molecular formula is C12H23NO4. The van der Waals surface area contributed by atoms with Crippen LogP contribution in [-0.4, -0.2) is 24.1 Å². The van der Waals surface area contributed by atoms with Crippen LogP contribution in [0, 0.1) is 0 Å². The summed E-state index contributed by atoms with van der Waals surface area (Å²) < 4.78 is 5.03. The van der Waals surface area contributed by atoms with E-state index in [0.717, 1.165) is 12.8 Å². The van der Waals surface area contributed by atoms with Crippen molar-refractivity contribution in [2.45, 2.75) is 58.9 Å². The summed E-state index contributed by atoms with van der Waals surface area (Å²) in [5.41, 5.74) is 1.66. The number of nitrogens with one attached hydrogen (secondary N) is 1. The van der Waals surface area contributed by atoms with E-state index in [1.165, 1.54) is 6.92 Å². The molecular weight excluding hydrogens is 222 g/mol. The molecule has 0 radical (unpaired) electrons. The molecule has 0 aromatic carbocycles. The van der Waals surface area contributed by atoms with E-state index in [2.05, 4.69) is 5.48 Å². The van der Waals surface area contributed by atoms with Gasteiger partial charge in [0.1, 0.15) is 0 Å². The van der Waals surface area contributed by atoms with Crippen LogP contribution in [0.15, 0.2) is 0 Å². The van der Waals surface area contributed by atoms with Crippen molar-refractivity contribution in [3.8, 4) is 0 Å². The van der Waals surface area contributed by atoms with Gasteiger partial charge in [0.2, 0.25) is 0 Å². The minimum atomic E-state index is -0.919. The predicted molar refractivity (Wildman–Crippen MR) is 64.1 cm³/mol. The molecule has 0 aliphatic rings. The first-order valence-electron chi connectivity index (χ1n) is 6.14. The fourth-order valence-corrected chi connectivity index (χ4v) is 1.51. The summed E-state index contributed by atoms with van der Waals surface area (Å²) in [5.74, 6) is -0.833. The minimum Gasteiger partial charge on any atom is -0.465 e. The van der Waals surface area contributed by atoms with Crippen molar-refractivity contribution in [3.05, 3.63) is 0 Å². The lowest BCUT2D eigenvalue weighted by Gasteiger charge is -2.30. The van der Waals surface area contributed by atoms with Crippen LogP contribution in [0.5, 0.6) is 0 Å². The normalized spacial score (nSPS) is 13.9. The van der Waals surface area contributed by atoms with Crippen LogP contribution >= 0.6 is 0 Å². The van der Waals surface area contributed by atoms with Crippen LogP contribution < -0.4 is 5.48 Å². The third-order valence-corrected chi connectivity index (χ3v) is 2.62. The van der Waals surface area contributed by atoms with Crippen LogP contribution in [0.4, 0.5) is 0 Å². The minimum absolute atomic E-state index is 0.314. The van der Waals surface area contributed by atoms with Crippen molar-refractivity contribution in [1.29, 1.82) is 0 Å². The van der Waals surface area contributed by atoms with Crippen molar-refractivity contribution in [2.24, 2.45) is 0 Å². The standard InChI is InChI=1S/C12H23NO4/c1-5-8-9-12(6-2,11(15)16-7-3)13-17-10(4)14/h13H,5-9H2,1-4H3/t12-/m0/s1. The van der Waals surface area contributed by atoms with Gasteiger partial charge in [-0.1, -0.05) is 26.7 Å². The van der Waals surface area contributed by atoms with Gasteiger partial charge in [-0.05, 0) is 19.8 Å². The topological polar surface area (TPSA) is 64.6 Å². The van der Waals surface area contributed by atoms with Crippen LogP contribution in [0.3, 0.4) is 0 Å². The average Bonchev–Trinajstić information content (AvgIpc) is 2.30. The summed E-state index contributed by atoms with van der Waals surface area (Å²) in [6, 6.07) is 0. The van der Waals surface area contributed by atoms with Crippen LogP contribution in [0.25, 0.3) is 0 Å². The highest BCUT2D eigenvalue weighted by Gasteiger charge is 2.38. The maximum atomic E-state index is 11.9. The molecule has 0 amide bonds. The average molecular weight is 245 g/mol. The van der Waals surface area contributed by atoms with Crippen molar-refractivity contribution < 1.29 is 19.2 Å². The molecule has 5 nitrogen and oxygen atoms in total. The molecule has 0 spiro atoms. The number of hydrogen-bond acceptors (Lipinski definition) is 5. The molecule has 1 atom stereocenters. The second-order valence-electron chi connectivity index (χ2n) is 3.96. The van der Waals surface area contributed by atoms with Gasteiger partial charge in [0.05, 0.1) is 6.61 Å². The lowest BCUT2D eigenvalue weighted by atomic mass is 9.91. The summed E-state index contributed by atoms with van der Waals surface area (Å²) in [7, 11) is 0. The Kier molecular flexibility index (Phi) is 7.54. The molecule has 0 rings (SSSR count). The number of esters is 1. The van der Waals surface area contributed by atoms with Crippen molar-refractivity contribution in [2.75, 3.05) is 6.61 Å². The number of rotatable bonds is 8. The molecule has 5 heteroatoms. The molecule has 0 saturated carbocycles. The zero-order valence-corrected chi connectivity index (χ0v) is 11.2. The fraction of sp³-hybridized carbons (Fsp3) is 0.833. The Morgan fingerprint density at radius 3 is 2.29 bits per heavy atom. The summed E-state index contributed by atoms with van der Waals surface area (Å²) >= 11 is 0. The molecule has 0 aliphatic carbocycles. The molecule has 17 heavy (non-hydrogen) atoms. The summed E-state index contributed by atoms with van der Waals surface area (Å²) in [5, 5.41) is 0. The van der Waals surface area contributed by atoms with E-state index < -0.39 is 11.5 Å². The Morgan fingerprint density at radius 2 is 1.88 bits per heavy atom. The third kappa shape index (κ3) is 5.17. The smallest absolute Gasteiger partial charge is 0.329 e. The second kappa shape index (κ2) is 8.06. The summed E-state index contributed by atoms with van der Waals surface area (Å²) in [4.78, 5) is 27.5. The monoisotopic (exact) mass is 245 g/mol. The zero-order valence-electron chi connectivity index (χ0n) is 11.2. The van der Waals surface area contributed by atoms with Crippen LogP contribution in [0.1, 0.15) is 53.4 Å². The number of unbranched alkanes of at least 4 members (excludes halogenated alkanes) is 1. The lowest BCUT2D eigenvalue weighted by molar-refractivity contribution is -0.168. The van der Waals surface area contributed by atoms with Crippen molar-refractivity contribution in [3.63, 3.8) is 0 Å². The number of carbonyl (C=O) groups excluding carboxylic acids is 2. The molecule has 0 heterocycles. The van der Waals surface area contributed by atoms with Crippen LogP contribution in [0.2, 0.25) is 0 Å². The SMILES string of the molecule is CCCC[C@](CC)(NOC(C)=O)C(=O)OCC. The molecule has 100 valence electrons. The van der Waals surface area contributed by atoms with Gasteiger partial charge in [-0.3, -0.25) is 4.79 Å². The Bertz CT molecular complexity index is 255.